The SMILES string of the molecule is C=CC(=O)N1C2CCC1CC(CC(=O)O)C2. The molecular weight excluding hydrogens is 206 g/mol. The lowest BCUT2D eigenvalue weighted by molar-refractivity contribution is -0.139. The Balaban J connectivity index is 2.03. The van der Waals surface area contributed by atoms with Crippen LogP contribution in [0, 0.1) is 5.92 Å². The molecule has 2 atom stereocenters. The highest BCUT2D eigenvalue weighted by Gasteiger charge is 2.42. The van der Waals surface area contributed by atoms with Gasteiger partial charge in [0, 0.05) is 18.5 Å². The fourth-order valence-corrected chi connectivity index (χ4v) is 3.17. The molecule has 1 amide bonds. The highest BCUT2D eigenvalue weighted by atomic mass is 16.4. The summed E-state index contributed by atoms with van der Waals surface area (Å²) in [7, 11) is 0. The summed E-state index contributed by atoms with van der Waals surface area (Å²) in [4.78, 5) is 24.2. The first kappa shape index (κ1) is 11.2. The molecule has 0 saturated carbocycles. The first-order valence-electron chi connectivity index (χ1n) is 5.78. The third kappa shape index (κ3) is 1.96. The number of hydrogen-bond donors (Lipinski definition) is 1. The van der Waals surface area contributed by atoms with Crippen LogP contribution in [0.15, 0.2) is 12.7 Å². The zero-order valence-electron chi connectivity index (χ0n) is 9.26. The molecule has 2 rings (SSSR count). The number of nitrogens with zero attached hydrogens (tertiary/aromatic N) is 1. The molecule has 0 aromatic carbocycles. The summed E-state index contributed by atoms with van der Waals surface area (Å²) in [5, 5.41) is 8.78. The van der Waals surface area contributed by atoms with E-state index in [1.165, 1.54) is 6.08 Å². The van der Waals surface area contributed by atoms with Gasteiger partial charge in [-0.15, -0.1) is 0 Å². The largest absolute Gasteiger partial charge is 0.481 e. The Kier molecular flexibility index (Phi) is 2.99. The number of hydrogen-bond acceptors (Lipinski definition) is 2. The lowest BCUT2D eigenvalue weighted by Crippen LogP contribution is -2.46. The Morgan fingerprint density at radius 3 is 2.31 bits per heavy atom. The van der Waals surface area contributed by atoms with E-state index in [0.29, 0.717) is 0 Å². The van der Waals surface area contributed by atoms with E-state index in [4.69, 9.17) is 5.11 Å². The number of carboxylic acids is 1. The second-order valence-corrected chi connectivity index (χ2v) is 4.77. The predicted molar refractivity (Wildman–Crippen MR) is 58.8 cm³/mol. The van der Waals surface area contributed by atoms with Crippen molar-refractivity contribution in [2.24, 2.45) is 5.92 Å². The summed E-state index contributed by atoms with van der Waals surface area (Å²) in [6.07, 6.45) is 5.30. The number of carbonyl (C=O) groups excluding carboxylic acids is 1. The number of piperidine rings is 1. The molecule has 16 heavy (non-hydrogen) atoms. The van der Waals surface area contributed by atoms with E-state index < -0.39 is 5.97 Å². The van der Waals surface area contributed by atoms with Crippen LogP contribution >= 0.6 is 0 Å². The van der Waals surface area contributed by atoms with Crippen LogP contribution in [0.25, 0.3) is 0 Å². The molecule has 2 unspecified atom stereocenters. The summed E-state index contributed by atoms with van der Waals surface area (Å²) < 4.78 is 0. The zero-order valence-corrected chi connectivity index (χ0v) is 9.26. The Hall–Kier alpha value is -1.32. The van der Waals surface area contributed by atoms with Gasteiger partial charge in [0.05, 0.1) is 0 Å². The van der Waals surface area contributed by atoms with Crippen LogP contribution in [0.3, 0.4) is 0 Å². The van der Waals surface area contributed by atoms with E-state index in [1.54, 1.807) is 0 Å². The highest BCUT2D eigenvalue weighted by Crippen LogP contribution is 2.39. The van der Waals surface area contributed by atoms with Crippen LogP contribution < -0.4 is 0 Å². The standard InChI is InChI=1S/C12H17NO3/c1-2-11(14)13-9-3-4-10(13)6-8(5-9)7-12(15)16/h2,8-10H,1,3-7H2,(H,15,16). The van der Waals surface area contributed by atoms with Crippen molar-refractivity contribution in [1.82, 2.24) is 4.90 Å². The minimum atomic E-state index is -0.729. The minimum absolute atomic E-state index is 0.00118. The van der Waals surface area contributed by atoms with Crippen molar-refractivity contribution < 1.29 is 14.7 Å². The molecule has 2 heterocycles. The molecule has 0 aromatic rings. The third-order valence-corrected chi connectivity index (χ3v) is 3.72. The quantitative estimate of drug-likeness (QED) is 0.736. The first-order chi connectivity index (χ1) is 7.61. The monoisotopic (exact) mass is 223 g/mol. The van der Waals surface area contributed by atoms with Crippen LogP contribution in [0.5, 0.6) is 0 Å². The zero-order chi connectivity index (χ0) is 11.7. The molecule has 0 spiro atoms. The van der Waals surface area contributed by atoms with Gasteiger partial charge in [-0.2, -0.15) is 0 Å². The first-order valence-corrected chi connectivity index (χ1v) is 5.78. The fourth-order valence-electron chi connectivity index (χ4n) is 3.17. The molecular formula is C12H17NO3. The van der Waals surface area contributed by atoms with Crippen molar-refractivity contribution in [3.8, 4) is 0 Å². The van der Waals surface area contributed by atoms with Gasteiger partial charge in [-0.1, -0.05) is 6.58 Å². The molecule has 88 valence electrons. The van der Waals surface area contributed by atoms with Gasteiger partial charge in [0.2, 0.25) is 5.91 Å². The number of rotatable bonds is 3. The summed E-state index contributed by atoms with van der Waals surface area (Å²) >= 11 is 0. The Morgan fingerprint density at radius 2 is 1.88 bits per heavy atom. The predicted octanol–water partition coefficient (Wildman–Crippen LogP) is 1.42. The van der Waals surface area contributed by atoms with Gasteiger partial charge < -0.3 is 10.0 Å². The van der Waals surface area contributed by atoms with Crippen molar-refractivity contribution in [2.75, 3.05) is 0 Å². The van der Waals surface area contributed by atoms with Crippen molar-refractivity contribution in [3.63, 3.8) is 0 Å². The van der Waals surface area contributed by atoms with E-state index in [2.05, 4.69) is 6.58 Å². The second kappa shape index (κ2) is 4.28. The van der Waals surface area contributed by atoms with Crippen molar-refractivity contribution >= 4 is 11.9 Å². The third-order valence-electron chi connectivity index (χ3n) is 3.72. The number of fused-ring (bicyclic) bond motifs is 2. The molecule has 4 heteroatoms. The summed E-state index contributed by atoms with van der Waals surface area (Å²) in [5.41, 5.74) is 0. The van der Waals surface area contributed by atoms with Crippen molar-refractivity contribution in [2.45, 2.75) is 44.2 Å². The molecule has 4 nitrogen and oxygen atoms in total. The van der Waals surface area contributed by atoms with E-state index >= 15 is 0 Å². The molecule has 2 aliphatic rings. The number of amides is 1. The fraction of sp³-hybridized carbons (Fsp3) is 0.667. The summed E-state index contributed by atoms with van der Waals surface area (Å²) in [6.45, 7) is 3.51. The van der Waals surface area contributed by atoms with E-state index in [9.17, 15) is 9.59 Å². The van der Waals surface area contributed by atoms with Crippen LogP contribution in [-0.2, 0) is 9.59 Å². The number of aliphatic carboxylic acids is 1. The molecule has 2 saturated heterocycles. The smallest absolute Gasteiger partial charge is 0.303 e. The molecule has 1 N–H and O–H groups in total. The van der Waals surface area contributed by atoms with E-state index in [0.717, 1.165) is 25.7 Å². The summed E-state index contributed by atoms with van der Waals surface area (Å²) in [5.74, 6) is -0.488. The molecule has 2 fully saturated rings. The average Bonchev–Trinajstić information content (AvgIpc) is 2.49. The lowest BCUT2D eigenvalue weighted by atomic mass is 9.88. The normalized spacial score (nSPS) is 32.5. The van der Waals surface area contributed by atoms with Crippen LogP contribution in [0.2, 0.25) is 0 Å². The molecule has 0 aromatic heterocycles. The molecule has 2 bridgehead atoms. The Morgan fingerprint density at radius 1 is 1.31 bits per heavy atom. The number of carboxylic acid groups (broad SMARTS) is 1. The van der Waals surface area contributed by atoms with Gasteiger partial charge in [0.25, 0.3) is 0 Å². The van der Waals surface area contributed by atoms with Gasteiger partial charge in [0.1, 0.15) is 0 Å². The van der Waals surface area contributed by atoms with Crippen LogP contribution in [-0.4, -0.2) is 34.0 Å². The Labute approximate surface area is 94.9 Å². The van der Waals surface area contributed by atoms with Gasteiger partial charge in [0.15, 0.2) is 0 Å². The van der Waals surface area contributed by atoms with Gasteiger partial charge in [-0.25, -0.2) is 0 Å². The Bertz CT molecular complexity index is 312. The summed E-state index contributed by atoms with van der Waals surface area (Å²) in [6, 6.07) is 0.488. The van der Waals surface area contributed by atoms with Crippen LogP contribution in [0.1, 0.15) is 32.1 Å². The van der Waals surface area contributed by atoms with Crippen LogP contribution in [0.4, 0.5) is 0 Å². The minimum Gasteiger partial charge on any atom is -0.481 e. The van der Waals surface area contributed by atoms with Crippen molar-refractivity contribution in [1.29, 1.82) is 0 Å². The topological polar surface area (TPSA) is 57.6 Å². The van der Waals surface area contributed by atoms with Crippen molar-refractivity contribution in [3.05, 3.63) is 12.7 Å². The maximum atomic E-state index is 11.6. The van der Waals surface area contributed by atoms with E-state index in [-0.39, 0.29) is 30.3 Å². The number of carbonyl (C=O) groups is 2. The maximum absolute atomic E-state index is 11.6. The van der Waals surface area contributed by atoms with Gasteiger partial charge in [-0.05, 0) is 37.7 Å². The molecule has 0 aliphatic carbocycles. The average molecular weight is 223 g/mol. The second-order valence-electron chi connectivity index (χ2n) is 4.77. The molecule has 2 aliphatic heterocycles. The maximum Gasteiger partial charge on any atom is 0.303 e. The van der Waals surface area contributed by atoms with E-state index in [1.807, 2.05) is 4.90 Å². The van der Waals surface area contributed by atoms with Gasteiger partial charge in [-0.3, -0.25) is 9.59 Å². The van der Waals surface area contributed by atoms with Gasteiger partial charge >= 0.3 is 5.97 Å². The molecule has 0 radical (unpaired) electrons. The highest BCUT2D eigenvalue weighted by molar-refractivity contribution is 5.87. The lowest BCUT2D eigenvalue weighted by Gasteiger charge is -2.38.